The zero-order valence-corrected chi connectivity index (χ0v) is 11.4. The minimum Gasteiger partial charge on any atom is -0.508 e. The van der Waals surface area contributed by atoms with Crippen LogP contribution in [0, 0.1) is 5.92 Å². The van der Waals surface area contributed by atoms with Crippen molar-refractivity contribution in [2.75, 3.05) is 26.2 Å². The van der Waals surface area contributed by atoms with Crippen molar-refractivity contribution in [1.29, 1.82) is 0 Å². The number of aromatic hydroxyl groups is 1. The Morgan fingerprint density at radius 2 is 2.37 bits per heavy atom. The maximum absolute atomic E-state index is 11.8. The Balaban J connectivity index is 1.73. The van der Waals surface area contributed by atoms with E-state index in [0.29, 0.717) is 12.3 Å². The zero-order valence-electron chi connectivity index (χ0n) is 11.4. The molecule has 1 unspecified atom stereocenters. The van der Waals surface area contributed by atoms with Gasteiger partial charge < -0.3 is 15.3 Å². The van der Waals surface area contributed by atoms with Crippen molar-refractivity contribution in [3.63, 3.8) is 0 Å². The Morgan fingerprint density at radius 3 is 3.05 bits per heavy atom. The molecule has 0 aliphatic carbocycles. The number of rotatable bonds is 5. The molecule has 1 aliphatic heterocycles. The van der Waals surface area contributed by atoms with Crippen LogP contribution in [0.2, 0.25) is 0 Å². The summed E-state index contributed by atoms with van der Waals surface area (Å²) in [5, 5.41) is 12.3. The predicted octanol–water partition coefficient (Wildman–Crippen LogP) is 1.39. The van der Waals surface area contributed by atoms with Crippen LogP contribution in [0.1, 0.15) is 18.9 Å². The van der Waals surface area contributed by atoms with Crippen molar-refractivity contribution >= 4 is 5.91 Å². The summed E-state index contributed by atoms with van der Waals surface area (Å²) in [6.45, 7) is 6.25. The van der Waals surface area contributed by atoms with E-state index in [4.69, 9.17) is 0 Å². The number of phenols is 1. The van der Waals surface area contributed by atoms with E-state index < -0.39 is 0 Å². The number of hydrogen-bond donors (Lipinski definition) is 2. The normalized spacial score (nSPS) is 19.5. The van der Waals surface area contributed by atoms with Crippen molar-refractivity contribution in [3.8, 4) is 5.75 Å². The Hall–Kier alpha value is -1.55. The smallest absolute Gasteiger partial charge is 0.224 e. The summed E-state index contributed by atoms with van der Waals surface area (Å²) in [5.74, 6) is 0.813. The van der Waals surface area contributed by atoms with Gasteiger partial charge in [-0.05, 0) is 43.1 Å². The van der Waals surface area contributed by atoms with E-state index >= 15 is 0 Å². The molecule has 1 heterocycles. The van der Waals surface area contributed by atoms with Gasteiger partial charge in [0.15, 0.2) is 0 Å². The first kappa shape index (κ1) is 13.9. The highest BCUT2D eigenvalue weighted by Gasteiger charge is 2.21. The van der Waals surface area contributed by atoms with Crippen LogP contribution >= 0.6 is 0 Å². The standard InChI is InChI=1S/C15H22N2O2/c1-2-17-7-6-13(11-17)10-16-15(19)9-12-4-3-5-14(18)8-12/h3-5,8,13,18H,2,6-7,9-11H2,1H3,(H,16,19). The second-order valence-corrected chi connectivity index (χ2v) is 5.20. The highest BCUT2D eigenvalue weighted by atomic mass is 16.3. The number of benzene rings is 1. The topological polar surface area (TPSA) is 52.6 Å². The first-order valence-corrected chi connectivity index (χ1v) is 6.94. The summed E-state index contributed by atoms with van der Waals surface area (Å²) < 4.78 is 0. The molecule has 19 heavy (non-hydrogen) atoms. The summed E-state index contributed by atoms with van der Waals surface area (Å²) in [7, 11) is 0. The van der Waals surface area contributed by atoms with Crippen LogP contribution in [-0.2, 0) is 11.2 Å². The molecule has 4 nitrogen and oxygen atoms in total. The molecule has 2 rings (SSSR count). The van der Waals surface area contributed by atoms with Gasteiger partial charge in [0.2, 0.25) is 5.91 Å². The molecule has 0 spiro atoms. The molecule has 1 saturated heterocycles. The molecule has 104 valence electrons. The van der Waals surface area contributed by atoms with Crippen LogP contribution in [-0.4, -0.2) is 42.1 Å². The van der Waals surface area contributed by atoms with Crippen molar-refractivity contribution < 1.29 is 9.90 Å². The van der Waals surface area contributed by atoms with Gasteiger partial charge in [0, 0.05) is 13.1 Å². The fourth-order valence-electron chi connectivity index (χ4n) is 2.54. The van der Waals surface area contributed by atoms with Crippen LogP contribution in [0.25, 0.3) is 0 Å². The molecule has 0 aromatic heterocycles. The minimum atomic E-state index is 0.0283. The molecular formula is C15H22N2O2. The lowest BCUT2D eigenvalue weighted by Crippen LogP contribution is -2.32. The fourth-order valence-corrected chi connectivity index (χ4v) is 2.54. The van der Waals surface area contributed by atoms with Crippen molar-refractivity contribution in [2.45, 2.75) is 19.8 Å². The van der Waals surface area contributed by atoms with E-state index in [1.165, 1.54) is 6.42 Å². The lowest BCUT2D eigenvalue weighted by Gasteiger charge is -2.13. The third-order valence-corrected chi connectivity index (χ3v) is 3.68. The maximum Gasteiger partial charge on any atom is 0.224 e. The Kier molecular flexibility index (Phi) is 4.80. The highest BCUT2D eigenvalue weighted by molar-refractivity contribution is 5.78. The third kappa shape index (κ3) is 4.24. The molecular weight excluding hydrogens is 240 g/mol. The lowest BCUT2D eigenvalue weighted by molar-refractivity contribution is -0.120. The number of carbonyl (C=O) groups is 1. The molecule has 0 saturated carbocycles. The number of amides is 1. The van der Waals surface area contributed by atoms with Gasteiger partial charge in [-0.2, -0.15) is 0 Å². The van der Waals surface area contributed by atoms with E-state index in [2.05, 4.69) is 17.1 Å². The second-order valence-electron chi connectivity index (χ2n) is 5.20. The molecule has 1 amide bonds. The van der Waals surface area contributed by atoms with E-state index in [1.807, 2.05) is 6.07 Å². The number of nitrogens with zero attached hydrogens (tertiary/aromatic N) is 1. The van der Waals surface area contributed by atoms with Gasteiger partial charge in [-0.3, -0.25) is 4.79 Å². The molecule has 1 aromatic rings. The summed E-state index contributed by atoms with van der Waals surface area (Å²) in [6, 6.07) is 6.86. The highest BCUT2D eigenvalue weighted by Crippen LogP contribution is 2.15. The second kappa shape index (κ2) is 6.57. The minimum absolute atomic E-state index is 0.0283. The van der Waals surface area contributed by atoms with Gasteiger partial charge in [-0.1, -0.05) is 19.1 Å². The van der Waals surface area contributed by atoms with Crippen LogP contribution in [0.3, 0.4) is 0 Å². The largest absolute Gasteiger partial charge is 0.508 e. The predicted molar refractivity (Wildman–Crippen MR) is 75.0 cm³/mol. The summed E-state index contributed by atoms with van der Waals surface area (Å²) in [6.07, 6.45) is 1.50. The van der Waals surface area contributed by atoms with Gasteiger partial charge in [0.25, 0.3) is 0 Å². The zero-order chi connectivity index (χ0) is 13.7. The molecule has 1 aromatic carbocycles. The van der Waals surface area contributed by atoms with E-state index in [0.717, 1.165) is 31.7 Å². The average molecular weight is 262 g/mol. The fraction of sp³-hybridized carbons (Fsp3) is 0.533. The monoisotopic (exact) mass is 262 g/mol. The van der Waals surface area contributed by atoms with Crippen LogP contribution < -0.4 is 5.32 Å². The molecule has 1 fully saturated rings. The lowest BCUT2D eigenvalue weighted by atomic mass is 10.1. The van der Waals surface area contributed by atoms with Gasteiger partial charge in [-0.15, -0.1) is 0 Å². The Labute approximate surface area is 114 Å². The van der Waals surface area contributed by atoms with Crippen LogP contribution in [0.15, 0.2) is 24.3 Å². The summed E-state index contributed by atoms with van der Waals surface area (Å²) in [5.41, 5.74) is 0.846. The molecule has 1 aliphatic rings. The van der Waals surface area contributed by atoms with E-state index in [-0.39, 0.29) is 11.7 Å². The SMILES string of the molecule is CCN1CCC(CNC(=O)Cc2cccc(O)c2)C1. The Bertz CT molecular complexity index is 434. The molecule has 1 atom stereocenters. The third-order valence-electron chi connectivity index (χ3n) is 3.68. The number of hydrogen-bond acceptors (Lipinski definition) is 3. The Morgan fingerprint density at radius 1 is 1.53 bits per heavy atom. The number of likely N-dealkylation sites (tertiary alicyclic amines) is 1. The van der Waals surface area contributed by atoms with Gasteiger partial charge in [0.05, 0.1) is 6.42 Å². The maximum atomic E-state index is 11.8. The van der Waals surface area contributed by atoms with Crippen LogP contribution in [0.4, 0.5) is 0 Å². The first-order valence-electron chi connectivity index (χ1n) is 6.94. The van der Waals surface area contributed by atoms with Crippen LogP contribution in [0.5, 0.6) is 5.75 Å². The van der Waals surface area contributed by atoms with E-state index in [1.54, 1.807) is 18.2 Å². The first-order chi connectivity index (χ1) is 9.17. The molecule has 0 bridgehead atoms. The van der Waals surface area contributed by atoms with Crippen molar-refractivity contribution in [3.05, 3.63) is 29.8 Å². The molecule has 0 radical (unpaired) electrons. The van der Waals surface area contributed by atoms with Crippen molar-refractivity contribution in [2.24, 2.45) is 5.92 Å². The van der Waals surface area contributed by atoms with E-state index in [9.17, 15) is 9.90 Å². The average Bonchev–Trinajstić information content (AvgIpc) is 2.84. The molecule has 4 heteroatoms. The van der Waals surface area contributed by atoms with Gasteiger partial charge >= 0.3 is 0 Å². The van der Waals surface area contributed by atoms with Gasteiger partial charge in [0.1, 0.15) is 5.75 Å². The summed E-state index contributed by atoms with van der Waals surface area (Å²) >= 11 is 0. The number of phenolic OH excluding ortho intramolecular Hbond substituents is 1. The molecule has 2 N–H and O–H groups in total. The summed E-state index contributed by atoms with van der Waals surface area (Å²) in [4.78, 5) is 14.2. The quantitative estimate of drug-likeness (QED) is 0.843. The van der Waals surface area contributed by atoms with Crippen molar-refractivity contribution in [1.82, 2.24) is 10.2 Å². The number of nitrogens with one attached hydrogen (secondary N) is 1. The van der Waals surface area contributed by atoms with Gasteiger partial charge in [-0.25, -0.2) is 0 Å². The number of carbonyl (C=O) groups excluding carboxylic acids is 1.